The third-order valence-corrected chi connectivity index (χ3v) is 4.52. The minimum absolute atomic E-state index is 1.01. The molecule has 0 aromatic heterocycles. The van der Waals surface area contributed by atoms with Crippen molar-refractivity contribution >= 4 is 0 Å². The third-order valence-electron chi connectivity index (χ3n) is 4.52. The lowest BCUT2D eigenvalue weighted by Crippen LogP contribution is -2.41. The molecular weight excluding hydrogens is 132 g/mol. The van der Waals surface area contributed by atoms with E-state index < -0.39 is 0 Å². The number of hydrogen-bond donors (Lipinski definition) is 0. The van der Waals surface area contributed by atoms with Crippen molar-refractivity contribution in [3.8, 4) is 0 Å². The first-order chi connectivity index (χ1) is 5.20. The normalized spacial score (nSPS) is 56.5. The predicted molar refractivity (Wildman–Crippen MR) is 48.3 cm³/mol. The van der Waals surface area contributed by atoms with Crippen molar-refractivity contribution < 1.29 is 0 Å². The second kappa shape index (κ2) is 2.50. The van der Waals surface area contributed by atoms with Crippen LogP contribution in [0, 0.1) is 29.6 Å². The van der Waals surface area contributed by atoms with E-state index >= 15 is 0 Å². The number of fused-ring (bicyclic) bond motifs is 3. The second-order valence-corrected chi connectivity index (χ2v) is 4.93. The van der Waals surface area contributed by atoms with E-state index in [1.807, 2.05) is 0 Å². The Hall–Kier alpha value is 0. The molecule has 0 saturated heterocycles. The van der Waals surface area contributed by atoms with Crippen LogP contribution in [0.1, 0.15) is 40.0 Å². The highest BCUT2D eigenvalue weighted by Crippen LogP contribution is 2.51. The van der Waals surface area contributed by atoms with Crippen LogP contribution in [-0.2, 0) is 0 Å². The lowest BCUT2D eigenvalue weighted by molar-refractivity contribution is 0.00108. The lowest BCUT2D eigenvalue weighted by atomic mass is 9.56. The van der Waals surface area contributed by atoms with E-state index in [1.54, 1.807) is 0 Å². The summed E-state index contributed by atoms with van der Waals surface area (Å²) in [5.74, 6) is 5.20. The molecule has 0 heterocycles. The molecule has 5 atom stereocenters. The molecule has 3 aliphatic rings. The fourth-order valence-electron chi connectivity index (χ4n) is 3.54. The van der Waals surface area contributed by atoms with Crippen molar-refractivity contribution in [2.24, 2.45) is 29.6 Å². The zero-order chi connectivity index (χ0) is 8.01. The van der Waals surface area contributed by atoms with Gasteiger partial charge < -0.3 is 0 Å². The average molecular weight is 152 g/mol. The van der Waals surface area contributed by atoms with Crippen LogP contribution in [0.5, 0.6) is 0 Å². The third kappa shape index (κ3) is 1.02. The van der Waals surface area contributed by atoms with Crippen LogP contribution in [0.4, 0.5) is 0 Å². The van der Waals surface area contributed by atoms with E-state index in [0.717, 1.165) is 29.6 Å². The first-order valence-corrected chi connectivity index (χ1v) is 5.20. The molecule has 64 valence electrons. The average Bonchev–Trinajstić information content (AvgIpc) is 1.99. The Balaban J connectivity index is 2.16. The van der Waals surface area contributed by atoms with E-state index in [-0.39, 0.29) is 0 Å². The summed E-state index contributed by atoms with van der Waals surface area (Å²) >= 11 is 0. The molecular formula is C11H20. The van der Waals surface area contributed by atoms with E-state index in [1.165, 1.54) is 19.3 Å². The van der Waals surface area contributed by atoms with Gasteiger partial charge in [0, 0.05) is 0 Å². The summed E-state index contributed by atoms with van der Waals surface area (Å²) in [4.78, 5) is 0. The van der Waals surface area contributed by atoms with E-state index in [4.69, 9.17) is 0 Å². The van der Waals surface area contributed by atoms with Gasteiger partial charge in [-0.15, -0.1) is 0 Å². The largest absolute Gasteiger partial charge is 0.0622 e. The van der Waals surface area contributed by atoms with Crippen LogP contribution in [-0.4, -0.2) is 0 Å². The summed E-state index contributed by atoms with van der Waals surface area (Å²) < 4.78 is 0. The Bertz CT molecular complexity index is 148. The number of rotatable bonds is 0. The monoisotopic (exact) mass is 152 g/mol. The summed E-state index contributed by atoms with van der Waals surface area (Å²) in [5, 5.41) is 0. The highest BCUT2D eigenvalue weighted by molar-refractivity contribution is 4.91. The molecule has 3 aliphatic carbocycles. The molecule has 0 aromatic rings. The van der Waals surface area contributed by atoms with Gasteiger partial charge >= 0.3 is 0 Å². The predicted octanol–water partition coefficient (Wildman–Crippen LogP) is 3.32. The second-order valence-electron chi connectivity index (χ2n) is 4.93. The Morgan fingerprint density at radius 3 is 2.09 bits per heavy atom. The van der Waals surface area contributed by atoms with Crippen molar-refractivity contribution in [1.82, 2.24) is 0 Å². The van der Waals surface area contributed by atoms with Crippen LogP contribution in [0.2, 0.25) is 0 Å². The summed E-state index contributed by atoms with van der Waals surface area (Å²) in [6, 6.07) is 0. The molecule has 0 N–H and O–H groups in total. The van der Waals surface area contributed by atoms with Crippen molar-refractivity contribution in [3.63, 3.8) is 0 Å². The Labute approximate surface area is 70.4 Å². The van der Waals surface area contributed by atoms with Gasteiger partial charge in [0.1, 0.15) is 0 Å². The van der Waals surface area contributed by atoms with Gasteiger partial charge in [-0.1, -0.05) is 20.8 Å². The van der Waals surface area contributed by atoms with E-state index in [9.17, 15) is 0 Å². The number of hydrogen-bond acceptors (Lipinski definition) is 0. The van der Waals surface area contributed by atoms with E-state index in [0.29, 0.717) is 0 Å². The van der Waals surface area contributed by atoms with Crippen molar-refractivity contribution in [2.75, 3.05) is 0 Å². The van der Waals surface area contributed by atoms with Gasteiger partial charge in [0.05, 0.1) is 0 Å². The molecule has 2 bridgehead atoms. The minimum Gasteiger partial charge on any atom is -0.0622 e. The molecule has 0 radical (unpaired) electrons. The summed E-state index contributed by atoms with van der Waals surface area (Å²) in [7, 11) is 0. The fourth-order valence-corrected chi connectivity index (χ4v) is 3.54. The smallest absolute Gasteiger partial charge is 0.0360 e. The fraction of sp³-hybridized carbons (Fsp3) is 1.00. The van der Waals surface area contributed by atoms with Gasteiger partial charge in [-0.05, 0) is 48.9 Å². The molecule has 0 nitrogen and oxygen atoms in total. The minimum atomic E-state index is 1.01. The molecule has 0 heteroatoms. The highest BCUT2D eigenvalue weighted by atomic mass is 14.5. The molecule has 0 spiro atoms. The van der Waals surface area contributed by atoms with Crippen molar-refractivity contribution in [3.05, 3.63) is 0 Å². The van der Waals surface area contributed by atoms with Crippen LogP contribution < -0.4 is 0 Å². The molecule has 3 fully saturated rings. The lowest BCUT2D eigenvalue weighted by Gasteiger charge is -2.49. The molecule has 0 amide bonds. The van der Waals surface area contributed by atoms with E-state index in [2.05, 4.69) is 20.8 Å². The molecule has 2 unspecified atom stereocenters. The molecule has 0 aliphatic heterocycles. The van der Waals surface area contributed by atoms with Crippen molar-refractivity contribution in [2.45, 2.75) is 40.0 Å². The topological polar surface area (TPSA) is 0 Å². The standard InChI is InChI=1S/C11H20/c1-7-6-10-4-5-11(7)9(3)8(10)2/h7-11H,4-6H2,1-3H3/t7?,8-,9+,10+,11?/m1/s1. The highest BCUT2D eigenvalue weighted by Gasteiger charge is 2.42. The summed E-state index contributed by atoms with van der Waals surface area (Å²) in [5.41, 5.74) is 0. The summed E-state index contributed by atoms with van der Waals surface area (Å²) in [6.45, 7) is 7.39. The SMILES string of the molecule is CC1C[C@@H]2CCC1[C@@H](C)[C@H]2C. The maximum absolute atomic E-state index is 2.47. The molecule has 11 heavy (non-hydrogen) atoms. The van der Waals surface area contributed by atoms with Gasteiger partial charge in [0.15, 0.2) is 0 Å². The quantitative estimate of drug-likeness (QED) is 0.499. The molecule has 3 rings (SSSR count). The first-order valence-electron chi connectivity index (χ1n) is 5.20. The van der Waals surface area contributed by atoms with Gasteiger partial charge in [-0.3, -0.25) is 0 Å². The Kier molecular flexibility index (Phi) is 1.74. The van der Waals surface area contributed by atoms with Crippen LogP contribution in [0.25, 0.3) is 0 Å². The van der Waals surface area contributed by atoms with Gasteiger partial charge in [-0.2, -0.15) is 0 Å². The first kappa shape index (κ1) is 7.64. The zero-order valence-electron chi connectivity index (χ0n) is 8.01. The van der Waals surface area contributed by atoms with Crippen LogP contribution in [0.15, 0.2) is 0 Å². The Morgan fingerprint density at radius 2 is 1.64 bits per heavy atom. The van der Waals surface area contributed by atoms with Gasteiger partial charge in [0.25, 0.3) is 0 Å². The van der Waals surface area contributed by atoms with Gasteiger partial charge in [0.2, 0.25) is 0 Å². The maximum Gasteiger partial charge on any atom is -0.0360 e. The maximum atomic E-state index is 2.47. The van der Waals surface area contributed by atoms with Gasteiger partial charge in [-0.25, -0.2) is 0 Å². The van der Waals surface area contributed by atoms with Crippen LogP contribution in [0.3, 0.4) is 0 Å². The van der Waals surface area contributed by atoms with Crippen LogP contribution >= 0.6 is 0 Å². The van der Waals surface area contributed by atoms with Crippen molar-refractivity contribution in [1.29, 1.82) is 0 Å². The molecule has 3 saturated carbocycles. The summed E-state index contributed by atoms with van der Waals surface area (Å²) in [6.07, 6.45) is 4.58. The zero-order valence-corrected chi connectivity index (χ0v) is 8.01. The Morgan fingerprint density at radius 1 is 0.909 bits per heavy atom. The molecule has 0 aromatic carbocycles.